The Hall–Kier alpha value is -1.49. The molecule has 0 aliphatic carbocycles. The third-order valence-electron chi connectivity index (χ3n) is 2.37. The van der Waals surface area contributed by atoms with Gasteiger partial charge in [-0.2, -0.15) is 4.39 Å². The molecule has 0 bridgehead atoms. The average Bonchev–Trinajstić information content (AvgIpc) is 2.35. The Morgan fingerprint density at radius 2 is 2.29 bits per heavy atom. The Bertz CT molecular complexity index is 371. The number of pyridine rings is 1. The van der Waals surface area contributed by atoms with Crippen LogP contribution in [0.25, 0.3) is 0 Å². The zero-order chi connectivity index (χ0) is 12.7. The molecule has 0 spiro atoms. The summed E-state index contributed by atoms with van der Waals surface area (Å²) in [4.78, 5) is 17.0. The first-order chi connectivity index (χ1) is 8.20. The summed E-state index contributed by atoms with van der Waals surface area (Å²) in [6, 6.07) is 2.99. The Labute approximate surface area is 100 Å². The molecule has 0 fully saturated rings. The number of halogens is 1. The second-order valence-corrected chi connectivity index (χ2v) is 3.42. The molecule has 1 aromatic heterocycles. The topological polar surface area (TPSA) is 42.4 Å². The van der Waals surface area contributed by atoms with E-state index >= 15 is 0 Å². The highest BCUT2D eigenvalue weighted by Gasteiger charge is 2.17. The molecule has 1 aromatic rings. The molecule has 0 aliphatic heterocycles. The van der Waals surface area contributed by atoms with Gasteiger partial charge in [0.2, 0.25) is 5.95 Å². The van der Waals surface area contributed by atoms with Gasteiger partial charge in [-0.1, -0.05) is 0 Å². The third-order valence-corrected chi connectivity index (χ3v) is 2.37. The third kappa shape index (κ3) is 3.78. The van der Waals surface area contributed by atoms with Crippen LogP contribution >= 0.6 is 0 Å². The zero-order valence-corrected chi connectivity index (χ0v) is 10.1. The van der Waals surface area contributed by atoms with E-state index < -0.39 is 5.95 Å². The number of carbonyl (C=O) groups is 1. The maximum absolute atomic E-state index is 13.3. The van der Waals surface area contributed by atoms with Gasteiger partial charge < -0.3 is 9.64 Å². The minimum atomic E-state index is -0.729. The second kappa shape index (κ2) is 6.96. The van der Waals surface area contributed by atoms with Crippen molar-refractivity contribution >= 4 is 5.91 Å². The van der Waals surface area contributed by atoms with Crippen molar-refractivity contribution in [2.75, 3.05) is 26.3 Å². The SMILES string of the molecule is CCOCCN(CC)C(=O)c1cccnc1F. The smallest absolute Gasteiger partial charge is 0.258 e. The zero-order valence-electron chi connectivity index (χ0n) is 10.1. The molecular weight excluding hydrogens is 223 g/mol. The number of nitrogens with zero attached hydrogens (tertiary/aromatic N) is 2. The highest BCUT2D eigenvalue weighted by atomic mass is 19.1. The molecule has 0 N–H and O–H groups in total. The molecule has 0 aromatic carbocycles. The summed E-state index contributed by atoms with van der Waals surface area (Å²) < 4.78 is 18.5. The summed E-state index contributed by atoms with van der Waals surface area (Å²) >= 11 is 0. The maximum atomic E-state index is 13.3. The van der Waals surface area contributed by atoms with E-state index in [9.17, 15) is 9.18 Å². The van der Waals surface area contributed by atoms with Gasteiger partial charge in [0.05, 0.1) is 12.2 Å². The summed E-state index contributed by atoms with van der Waals surface area (Å²) in [5, 5.41) is 0. The van der Waals surface area contributed by atoms with Crippen LogP contribution in [-0.2, 0) is 4.74 Å². The molecule has 4 nitrogen and oxygen atoms in total. The number of hydrogen-bond acceptors (Lipinski definition) is 3. The van der Waals surface area contributed by atoms with Gasteiger partial charge in [-0.25, -0.2) is 4.98 Å². The summed E-state index contributed by atoms with van der Waals surface area (Å²) in [6.07, 6.45) is 1.32. The van der Waals surface area contributed by atoms with Crippen LogP contribution in [0, 0.1) is 5.95 Å². The molecule has 1 heterocycles. The predicted molar refractivity (Wildman–Crippen MR) is 62.3 cm³/mol. The number of likely N-dealkylation sites (N-methyl/N-ethyl adjacent to an activating group) is 1. The Morgan fingerprint density at radius 1 is 1.53 bits per heavy atom. The summed E-state index contributed by atoms with van der Waals surface area (Å²) in [5.41, 5.74) is 0.00542. The number of amides is 1. The number of carbonyl (C=O) groups excluding carboxylic acids is 1. The molecule has 0 saturated carbocycles. The summed E-state index contributed by atoms with van der Waals surface area (Å²) in [5.74, 6) is -1.08. The van der Waals surface area contributed by atoms with Crippen molar-refractivity contribution in [3.63, 3.8) is 0 Å². The first kappa shape index (κ1) is 13.6. The quantitative estimate of drug-likeness (QED) is 0.561. The fourth-order valence-electron chi connectivity index (χ4n) is 1.44. The first-order valence-electron chi connectivity index (χ1n) is 5.68. The molecule has 17 heavy (non-hydrogen) atoms. The lowest BCUT2D eigenvalue weighted by atomic mass is 10.2. The van der Waals surface area contributed by atoms with E-state index in [4.69, 9.17) is 4.74 Å². The number of ether oxygens (including phenoxy) is 1. The van der Waals surface area contributed by atoms with Crippen molar-refractivity contribution < 1.29 is 13.9 Å². The lowest BCUT2D eigenvalue weighted by Crippen LogP contribution is -2.34. The minimum Gasteiger partial charge on any atom is -0.380 e. The molecule has 5 heteroatoms. The van der Waals surface area contributed by atoms with Gasteiger partial charge in [-0.15, -0.1) is 0 Å². The molecule has 0 radical (unpaired) electrons. The molecule has 1 rings (SSSR count). The second-order valence-electron chi connectivity index (χ2n) is 3.42. The fraction of sp³-hybridized carbons (Fsp3) is 0.500. The van der Waals surface area contributed by atoms with Gasteiger partial charge in [0.15, 0.2) is 0 Å². The Balaban J connectivity index is 2.69. The Kier molecular flexibility index (Phi) is 5.56. The largest absolute Gasteiger partial charge is 0.380 e. The number of hydrogen-bond donors (Lipinski definition) is 0. The molecule has 0 aliphatic rings. The van der Waals surface area contributed by atoms with Crippen molar-refractivity contribution in [1.29, 1.82) is 0 Å². The standard InChI is InChI=1S/C12H17FN2O2/c1-3-15(8-9-17-4-2)12(16)10-6-5-7-14-11(10)13/h5-7H,3-4,8-9H2,1-2H3. The van der Waals surface area contributed by atoms with Crippen molar-refractivity contribution in [3.05, 3.63) is 29.8 Å². The number of aromatic nitrogens is 1. The molecule has 1 amide bonds. The van der Waals surface area contributed by atoms with E-state index in [1.807, 2.05) is 13.8 Å². The van der Waals surface area contributed by atoms with Gasteiger partial charge in [-0.05, 0) is 26.0 Å². The van der Waals surface area contributed by atoms with E-state index in [2.05, 4.69) is 4.98 Å². The van der Waals surface area contributed by atoms with Gasteiger partial charge in [-0.3, -0.25) is 4.79 Å². The maximum Gasteiger partial charge on any atom is 0.258 e. The molecule has 0 saturated heterocycles. The summed E-state index contributed by atoms with van der Waals surface area (Å²) in [7, 11) is 0. The van der Waals surface area contributed by atoms with E-state index in [1.54, 1.807) is 6.07 Å². The van der Waals surface area contributed by atoms with Crippen LogP contribution in [0.3, 0.4) is 0 Å². The van der Waals surface area contributed by atoms with E-state index in [-0.39, 0.29) is 11.5 Å². The monoisotopic (exact) mass is 240 g/mol. The lowest BCUT2D eigenvalue weighted by molar-refractivity contribution is 0.0664. The van der Waals surface area contributed by atoms with Gasteiger partial charge >= 0.3 is 0 Å². The van der Waals surface area contributed by atoms with Crippen LogP contribution in [0.1, 0.15) is 24.2 Å². The van der Waals surface area contributed by atoms with Gasteiger partial charge in [0.25, 0.3) is 5.91 Å². The molecule has 94 valence electrons. The van der Waals surface area contributed by atoms with Crippen molar-refractivity contribution in [2.24, 2.45) is 0 Å². The lowest BCUT2D eigenvalue weighted by Gasteiger charge is -2.20. The van der Waals surface area contributed by atoms with Crippen LogP contribution in [0.15, 0.2) is 18.3 Å². The molecule has 0 unspecified atom stereocenters. The Morgan fingerprint density at radius 3 is 2.88 bits per heavy atom. The van der Waals surface area contributed by atoms with Gasteiger partial charge in [0.1, 0.15) is 0 Å². The van der Waals surface area contributed by atoms with Crippen LogP contribution < -0.4 is 0 Å². The minimum absolute atomic E-state index is 0.00542. The van der Waals surface area contributed by atoms with E-state index in [0.29, 0.717) is 26.3 Å². The van der Waals surface area contributed by atoms with E-state index in [1.165, 1.54) is 17.2 Å². The predicted octanol–water partition coefficient (Wildman–Crippen LogP) is 1.72. The van der Waals surface area contributed by atoms with E-state index in [0.717, 1.165) is 0 Å². The first-order valence-corrected chi connectivity index (χ1v) is 5.68. The van der Waals surface area contributed by atoms with Crippen LogP contribution in [0.2, 0.25) is 0 Å². The van der Waals surface area contributed by atoms with Crippen molar-refractivity contribution in [3.8, 4) is 0 Å². The van der Waals surface area contributed by atoms with Crippen LogP contribution in [0.5, 0.6) is 0 Å². The molecular formula is C12H17FN2O2. The normalized spacial score (nSPS) is 10.3. The molecule has 0 atom stereocenters. The van der Waals surface area contributed by atoms with Crippen molar-refractivity contribution in [2.45, 2.75) is 13.8 Å². The fourth-order valence-corrected chi connectivity index (χ4v) is 1.44. The summed E-state index contributed by atoms with van der Waals surface area (Å²) in [6.45, 7) is 5.76. The van der Waals surface area contributed by atoms with Crippen LogP contribution in [-0.4, -0.2) is 42.1 Å². The van der Waals surface area contributed by atoms with Crippen LogP contribution in [0.4, 0.5) is 4.39 Å². The average molecular weight is 240 g/mol. The highest BCUT2D eigenvalue weighted by molar-refractivity contribution is 5.94. The number of rotatable bonds is 6. The highest BCUT2D eigenvalue weighted by Crippen LogP contribution is 2.07. The van der Waals surface area contributed by atoms with Crippen molar-refractivity contribution in [1.82, 2.24) is 9.88 Å². The van der Waals surface area contributed by atoms with Gasteiger partial charge in [0, 0.05) is 25.9 Å².